The number of benzene rings is 1. The molecule has 2 N–H and O–H groups in total. The minimum absolute atomic E-state index is 0.839. The smallest absolute Gasteiger partial charge is 0.00772 e. The summed E-state index contributed by atoms with van der Waals surface area (Å²) in [6.07, 6.45) is 7.67. The van der Waals surface area contributed by atoms with Crippen LogP contribution < -0.4 is 5.73 Å². The van der Waals surface area contributed by atoms with Crippen LogP contribution >= 0.6 is 0 Å². The van der Waals surface area contributed by atoms with Crippen molar-refractivity contribution in [2.24, 2.45) is 11.7 Å². The molecule has 0 unspecified atom stereocenters. The second-order valence-corrected chi connectivity index (χ2v) is 4.61. The van der Waals surface area contributed by atoms with Crippen molar-refractivity contribution < 1.29 is 0 Å². The Balaban J connectivity index is 2.31. The van der Waals surface area contributed by atoms with Gasteiger partial charge in [-0.1, -0.05) is 50.1 Å². The SMILES string of the molecule is CCC[C@@H](CCCN)CCc1ccccc1. The van der Waals surface area contributed by atoms with Gasteiger partial charge in [-0.2, -0.15) is 0 Å². The van der Waals surface area contributed by atoms with Crippen LogP contribution in [0.1, 0.15) is 44.6 Å². The predicted molar refractivity (Wildman–Crippen MR) is 71.4 cm³/mol. The quantitative estimate of drug-likeness (QED) is 0.707. The Morgan fingerprint density at radius 1 is 1.06 bits per heavy atom. The molecule has 1 nitrogen and oxygen atoms in total. The highest BCUT2D eigenvalue weighted by Crippen LogP contribution is 2.19. The van der Waals surface area contributed by atoms with Gasteiger partial charge in [0.05, 0.1) is 0 Å². The Morgan fingerprint density at radius 3 is 2.44 bits per heavy atom. The Bertz CT molecular complexity index is 255. The molecule has 0 heterocycles. The summed E-state index contributed by atoms with van der Waals surface area (Å²) in [4.78, 5) is 0. The highest BCUT2D eigenvalue weighted by molar-refractivity contribution is 5.14. The van der Waals surface area contributed by atoms with E-state index in [1.54, 1.807) is 0 Å². The third kappa shape index (κ3) is 5.32. The molecular weight excluding hydrogens is 194 g/mol. The molecule has 0 aliphatic heterocycles. The normalized spacial score (nSPS) is 12.6. The zero-order chi connectivity index (χ0) is 11.6. The van der Waals surface area contributed by atoms with Crippen LogP contribution in [-0.4, -0.2) is 6.54 Å². The summed E-state index contributed by atoms with van der Waals surface area (Å²) in [7, 11) is 0. The first-order valence-corrected chi connectivity index (χ1v) is 6.60. The van der Waals surface area contributed by atoms with E-state index in [-0.39, 0.29) is 0 Å². The molecule has 1 aromatic carbocycles. The van der Waals surface area contributed by atoms with Crippen LogP contribution in [0, 0.1) is 5.92 Å². The van der Waals surface area contributed by atoms with Gasteiger partial charge in [0.15, 0.2) is 0 Å². The topological polar surface area (TPSA) is 26.0 Å². The van der Waals surface area contributed by atoms with Crippen molar-refractivity contribution >= 4 is 0 Å². The van der Waals surface area contributed by atoms with E-state index in [1.807, 2.05) is 0 Å². The molecule has 1 atom stereocenters. The molecule has 16 heavy (non-hydrogen) atoms. The van der Waals surface area contributed by atoms with Gasteiger partial charge in [-0.3, -0.25) is 0 Å². The van der Waals surface area contributed by atoms with Gasteiger partial charge >= 0.3 is 0 Å². The van der Waals surface area contributed by atoms with Crippen LogP contribution in [0.3, 0.4) is 0 Å². The molecule has 1 aromatic rings. The maximum absolute atomic E-state index is 5.58. The van der Waals surface area contributed by atoms with E-state index in [2.05, 4.69) is 37.3 Å². The molecule has 1 rings (SSSR count). The Labute approximate surface area is 100 Å². The molecule has 0 fully saturated rings. The number of nitrogens with two attached hydrogens (primary N) is 1. The Hall–Kier alpha value is -0.820. The van der Waals surface area contributed by atoms with Crippen molar-refractivity contribution in [3.63, 3.8) is 0 Å². The molecule has 0 aromatic heterocycles. The molecule has 0 aliphatic carbocycles. The van der Waals surface area contributed by atoms with Gasteiger partial charge in [-0.25, -0.2) is 0 Å². The standard InChI is InChI=1S/C15H25N/c1-2-7-14(10-6-13-16)11-12-15-8-4-3-5-9-15/h3-5,8-9,14H,2,6-7,10-13,16H2,1H3/t14-/m0/s1. The summed E-state index contributed by atoms with van der Waals surface area (Å²) < 4.78 is 0. The van der Waals surface area contributed by atoms with E-state index in [9.17, 15) is 0 Å². The Kier molecular flexibility index (Phi) is 6.91. The van der Waals surface area contributed by atoms with E-state index < -0.39 is 0 Å². The van der Waals surface area contributed by atoms with Gasteiger partial charge in [-0.05, 0) is 43.7 Å². The molecule has 90 valence electrons. The zero-order valence-corrected chi connectivity index (χ0v) is 10.5. The molecule has 0 spiro atoms. The van der Waals surface area contributed by atoms with Crippen LogP contribution in [0.25, 0.3) is 0 Å². The van der Waals surface area contributed by atoms with Crippen LogP contribution in [0.15, 0.2) is 30.3 Å². The third-order valence-electron chi connectivity index (χ3n) is 3.20. The van der Waals surface area contributed by atoms with Crippen LogP contribution in [0.2, 0.25) is 0 Å². The number of aryl methyl sites for hydroxylation is 1. The maximum atomic E-state index is 5.58. The van der Waals surface area contributed by atoms with Crippen molar-refractivity contribution in [2.45, 2.75) is 45.4 Å². The lowest BCUT2D eigenvalue weighted by atomic mass is 9.91. The van der Waals surface area contributed by atoms with Crippen molar-refractivity contribution in [2.75, 3.05) is 6.54 Å². The van der Waals surface area contributed by atoms with Crippen molar-refractivity contribution in [1.29, 1.82) is 0 Å². The summed E-state index contributed by atoms with van der Waals surface area (Å²) in [6, 6.07) is 10.8. The molecule has 0 saturated carbocycles. The second kappa shape index (κ2) is 8.35. The zero-order valence-electron chi connectivity index (χ0n) is 10.5. The number of hydrogen-bond acceptors (Lipinski definition) is 1. The number of hydrogen-bond donors (Lipinski definition) is 1. The third-order valence-corrected chi connectivity index (χ3v) is 3.20. The second-order valence-electron chi connectivity index (χ2n) is 4.61. The lowest BCUT2D eigenvalue weighted by Gasteiger charge is -2.15. The van der Waals surface area contributed by atoms with Gasteiger partial charge in [0.2, 0.25) is 0 Å². The monoisotopic (exact) mass is 219 g/mol. The van der Waals surface area contributed by atoms with Crippen LogP contribution in [0.5, 0.6) is 0 Å². The minimum Gasteiger partial charge on any atom is -0.330 e. The molecule has 0 radical (unpaired) electrons. The van der Waals surface area contributed by atoms with Crippen molar-refractivity contribution in [3.8, 4) is 0 Å². The van der Waals surface area contributed by atoms with E-state index in [4.69, 9.17) is 5.73 Å². The molecule has 1 heteroatoms. The van der Waals surface area contributed by atoms with Gasteiger partial charge < -0.3 is 5.73 Å². The molecule has 0 amide bonds. The van der Waals surface area contributed by atoms with E-state index in [1.165, 1.54) is 44.1 Å². The van der Waals surface area contributed by atoms with Crippen molar-refractivity contribution in [3.05, 3.63) is 35.9 Å². The first-order chi connectivity index (χ1) is 7.86. The fourth-order valence-corrected chi connectivity index (χ4v) is 2.26. The number of rotatable bonds is 8. The summed E-state index contributed by atoms with van der Waals surface area (Å²) in [5, 5.41) is 0. The minimum atomic E-state index is 0.839. The fraction of sp³-hybridized carbons (Fsp3) is 0.600. The first kappa shape index (κ1) is 13.2. The lowest BCUT2D eigenvalue weighted by Crippen LogP contribution is -2.06. The van der Waals surface area contributed by atoms with Gasteiger partial charge in [-0.15, -0.1) is 0 Å². The van der Waals surface area contributed by atoms with E-state index in [0.29, 0.717) is 0 Å². The predicted octanol–water partition coefficient (Wildman–Crippen LogP) is 3.77. The molecule has 0 aliphatic rings. The molecule has 0 saturated heterocycles. The molecule has 0 bridgehead atoms. The maximum Gasteiger partial charge on any atom is -0.00772 e. The average molecular weight is 219 g/mol. The van der Waals surface area contributed by atoms with Crippen LogP contribution in [-0.2, 0) is 6.42 Å². The fourth-order valence-electron chi connectivity index (χ4n) is 2.26. The highest BCUT2D eigenvalue weighted by atomic mass is 14.5. The summed E-state index contributed by atoms with van der Waals surface area (Å²) in [5.74, 6) is 0.869. The van der Waals surface area contributed by atoms with E-state index >= 15 is 0 Å². The highest BCUT2D eigenvalue weighted by Gasteiger charge is 2.07. The van der Waals surface area contributed by atoms with Crippen LogP contribution in [0.4, 0.5) is 0 Å². The molecular formula is C15H25N. The van der Waals surface area contributed by atoms with Gasteiger partial charge in [0, 0.05) is 0 Å². The summed E-state index contributed by atoms with van der Waals surface area (Å²) in [5.41, 5.74) is 7.05. The van der Waals surface area contributed by atoms with Crippen molar-refractivity contribution in [1.82, 2.24) is 0 Å². The Morgan fingerprint density at radius 2 is 1.81 bits per heavy atom. The largest absolute Gasteiger partial charge is 0.330 e. The summed E-state index contributed by atoms with van der Waals surface area (Å²) >= 11 is 0. The van der Waals surface area contributed by atoms with Gasteiger partial charge in [0.25, 0.3) is 0 Å². The first-order valence-electron chi connectivity index (χ1n) is 6.60. The lowest BCUT2D eigenvalue weighted by molar-refractivity contribution is 0.406. The van der Waals surface area contributed by atoms with E-state index in [0.717, 1.165) is 12.5 Å². The average Bonchev–Trinajstić information content (AvgIpc) is 2.34. The summed E-state index contributed by atoms with van der Waals surface area (Å²) in [6.45, 7) is 3.11. The van der Waals surface area contributed by atoms with Gasteiger partial charge in [0.1, 0.15) is 0 Å².